The number of hydrogen-bond acceptors (Lipinski definition) is 2. The van der Waals surface area contributed by atoms with Crippen LogP contribution in [0.3, 0.4) is 0 Å². The van der Waals surface area contributed by atoms with Gasteiger partial charge in [0, 0.05) is 6.54 Å². The van der Waals surface area contributed by atoms with Crippen LogP contribution in [-0.2, 0) is 11.3 Å². The van der Waals surface area contributed by atoms with Gasteiger partial charge in [0.25, 0.3) is 0 Å². The molecule has 0 saturated heterocycles. The van der Waals surface area contributed by atoms with Crippen LogP contribution in [0.15, 0.2) is 54.6 Å². The topological polar surface area (TPSA) is 38.3 Å². The zero-order valence-electron chi connectivity index (χ0n) is 11.0. The van der Waals surface area contributed by atoms with Gasteiger partial charge in [-0.25, -0.2) is 4.39 Å². The van der Waals surface area contributed by atoms with Gasteiger partial charge >= 0.3 is 0 Å². The van der Waals surface area contributed by atoms with Gasteiger partial charge in [0.15, 0.2) is 0 Å². The van der Waals surface area contributed by atoms with Gasteiger partial charge in [-0.05, 0) is 29.8 Å². The van der Waals surface area contributed by atoms with E-state index < -0.39 is 0 Å². The standard InChI is InChI=1S/C16H16FNO2/c17-14-6-4-5-13(11-14)12-18-16(19)9-10-20-15-7-2-1-3-8-15/h1-8,11H,9-10,12H2,(H,18,19). The fraction of sp³-hybridized carbons (Fsp3) is 0.188. The fourth-order valence-corrected chi connectivity index (χ4v) is 1.71. The van der Waals surface area contributed by atoms with E-state index in [4.69, 9.17) is 4.74 Å². The number of hydrogen-bond donors (Lipinski definition) is 1. The highest BCUT2D eigenvalue weighted by Gasteiger charge is 2.02. The molecule has 0 aromatic heterocycles. The van der Waals surface area contributed by atoms with Crippen molar-refractivity contribution in [1.29, 1.82) is 0 Å². The summed E-state index contributed by atoms with van der Waals surface area (Å²) in [7, 11) is 0. The highest BCUT2D eigenvalue weighted by molar-refractivity contribution is 5.75. The molecule has 0 heterocycles. The summed E-state index contributed by atoms with van der Waals surface area (Å²) in [6, 6.07) is 15.5. The van der Waals surface area contributed by atoms with Crippen molar-refractivity contribution in [1.82, 2.24) is 5.32 Å². The lowest BCUT2D eigenvalue weighted by molar-refractivity contribution is -0.121. The van der Waals surface area contributed by atoms with Gasteiger partial charge in [-0.1, -0.05) is 30.3 Å². The highest BCUT2D eigenvalue weighted by Crippen LogP contribution is 2.08. The second kappa shape index (κ2) is 7.28. The third kappa shape index (κ3) is 4.72. The van der Waals surface area contributed by atoms with E-state index in [2.05, 4.69) is 5.32 Å². The van der Waals surface area contributed by atoms with Crippen LogP contribution in [0.25, 0.3) is 0 Å². The maximum Gasteiger partial charge on any atom is 0.223 e. The van der Waals surface area contributed by atoms with E-state index in [1.165, 1.54) is 12.1 Å². The average Bonchev–Trinajstić information content (AvgIpc) is 2.46. The van der Waals surface area contributed by atoms with E-state index >= 15 is 0 Å². The van der Waals surface area contributed by atoms with E-state index in [9.17, 15) is 9.18 Å². The van der Waals surface area contributed by atoms with Crippen molar-refractivity contribution in [3.63, 3.8) is 0 Å². The Kier molecular flexibility index (Phi) is 5.12. The SMILES string of the molecule is O=C(CCOc1ccccc1)NCc1cccc(F)c1. The number of rotatable bonds is 6. The van der Waals surface area contributed by atoms with E-state index in [-0.39, 0.29) is 18.1 Å². The molecule has 104 valence electrons. The summed E-state index contributed by atoms with van der Waals surface area (Å²) in [5.41, 5.74) is 0.738. The Hall–Kier alpha value is -2.36. The van der Waals surface area contributed by atoms with Crippen LogP contribution in [0.1, 0.15) is 12.0 Å². The van der Waals surface area contributed by atoms with Crippen molar-refractivity contribution in [2.45, 2.75) is 13.0 Å². The minimum atomic E-state index is -0.302. The van der Waals surface area contributed by atoms with E-state index in [0.717, 1.165) is 11.3 Å². The molecule has 2 rings (SSSR count). The molecule has 0 aliphatic heterocycles. The number of carbonyl (C=O) groups excluding carboxylic acids is 1. The van der Waals surface area contributed by atoms with Crippen LogP contribution in [-0.4, -0.2) is 12.5 Å². The summed E-state index contributed by atoms with van der Waals surface area (Å²) in [6.45, 7) is 0.640. The lowest BCUT2D eigenvalue weighted by Crippen LogP contribution is -2.24. The predicted octanol–water partition coefficient (Wildman–Crippen LogP) is 2.91. The molecule has 0 spiro atoms. The van der Waals surface area contributed by atoms with Crippen LogP contribution in [0.5, 0.6) is 5.75 Å². The monoisotopic (exact) mass is 273 g/mol. The lowest BCUT2D eigenvalue weighted by atomic mass is 10.2. The van der Waals surface area contributed by atoms with Crippen LogP contribution in [0.2, 0.25) is 0 Å². The number of amides is 1. The molecule has 0 aliphatic rings. The summed E-state index contributed by atoms with van der Waals surface area (Å²) < 4.78 is 18.4. The number of nitrogens with one attached hydrogen (secondary N) is 1. The molecule has 2 aromatic rings. The molecule has 4 heteroatoms. The number of halogens is 1. The summed E-state index contributed by atoms with van der Waals surface area (Å²) in [5, 5.41) is 2.73. The Labute approximate surface area is 117 Å². The van der Waals surface area contributed by atoms with Crippen molar-refractivity contribution in [2.75, 3.05) is 6.61 Å². The lowest BCUT2D eigenvalue weighted by Gasteiger charge is -2.07. The maximum atomic E-state index is 12.9. The molecule has 3 nitrogen and oxygen atoms in total. The minimum absolute atomic E-state index is 0.120. The van der Waals surface area contributed by atoms with Gasteiger partial charge in [-0.3, -0.25) is 4.79 Å². The van der Waals surface area contributed by atoms with E-state index in [1.54, 1.807) is 12.1 Å². The summed E-state index contributed by atoms with van der Waals surface area (Å²) >= 11 is 0. The zero-order valence-corrected chi connectivity index (χ0v) is 11.0. The Bertz CT molecular complexity index is 557. The van der Waals surface area contributed by atoms with Crippen LogP contribution in [0, 0.1) is 5.82 Å². The van der Waals surface area contributed by atoms with Crippen LogP contribution < -0.4 is 10.1 Å². The Morgan fingerprint density at radius 2 is 1.90 bits per heavy atom. The second-order valence-electron chi connectivity index (χ2n) is 4.32. The van der Waals surface area contributed by atoms with E-state index in [1.807, 2.05) is 30.3 Å². The smallest absolute Gasteiger partial charge is 0.223 e. The summed E-state index contributed by atoms with van der Waals surface area (Å²) in [5.74, 6) is 0.319. The Morgan fingerprint density at radius 1 is 1.10 bits per heavy atom. The van der Waals surface area contributed by atoms with Crippen LogP contribution in [0.4, 0.5) is 4.39 Å². The van der Waals surface area contributed by atoms with Gasteiger partial charge in [0.2, 0.25) is 5.91 Å². The molecule has 2 aromatic carbocycles. The molecule has 0 unspecified atom stereocenters. The predicted molar refractivity (Wildman–Crippen MR) is 74.8 cm³/mol. The summed E-state index contributed by atoms with van der Waals surface area (Å²) in [4.78, 5) is 11.6. The minimum Gasteiger partial charge on any atom is -0.493 e. The van der Waals surface area contributed by atoms with Crippen molar-refractivity contribution < 1.29 is 13.9 Å². The first-order valence-corrected chi connectivity index (χ1v) is 6.43. The van der Waals surface area contributed by atoms with Crippen molar-refractivity contribution >= 4 is 5.91 Å². The molecular weight excluding hydrogens is 257 g/mol. The molecule has 1 amide bonds. The molecule has 0 fully saturated rings. The van der Waals surface area contributed by atoms with Crippen LogP contribution >= 0.6 is 0 Å². The first-order chi connectivity index (χ1) is 9.74. The van der Waals surface area contributed by atoms with Gasteiger partial charge in [0.05, 0.1) is 13.0 Å². The molecular formula is C16H16FNO2. The quantitative estimate of drug-likeness (QED) is 0.878. The number of carbonyl (C=O) groups is 1. The highest BCUT2D eigenvalue weighted by atomic mass is 19.1. The zero-order chi connectivity index (χ0) is 14.2. The van der Waals surface area contributed by atoms with Crippen molar-refractivity contribution in [3.05, 3.63) is 66.0 Å². The van der Waals surface area contributed by atoms with Crippen molar-refractivity contribution in [2.24, 2.45) is 0 Å². The molecule has 20 heavy (non-hydrogen) atoms. The number of para-hydroxylation sites is 1. The third-order valence-corrected chi connectivity index (χ3v) is 2.72. The normalized spacial score (nSPS) is 10.1. The Balaban J connectivity index is 1.68. The molecule has 0 radical (unpaired) electrons. The largest absolute Gasteiger partial charge is 0.493 e. The second-order valence-corrected chi connectivity index (χ2v) is 4.32. The fourth-order valence-electron chi connectivity index (χ4n) is 1.71. The average molecular weight is 273 g/mol. The molecule has 0 saturated carbocycles. The van der Waals surface area contributed by atoms with E-state index in [0.29, 0.717) is 13.2 Å². The molecule has 0 atom stereocenters. The first kappa shape index (κ1) is 14.1. The van der Waals surface area contributed by atoms with Gasteiger partial charge < -0.3 is 10.1 Å². The number of ether oxygens (including phenoxy) is 1. The number of benzene rings is 2. The molecule has 0 bridgehead atoms. The molecule has 0 aliphatic carbocycles. The maximum absolute atomic E-state index is 12.9. The van der Waals surface area contributed by atoms with Crippen molar-refractivity contribution in [3.8, 4) is 5.75 Å². The van der Waals surface area contributed by atoms with Gasteiger partial charge in [-0.15, -0.1) is 0 Å². The Morgan fingerprint density at radius 3 is 2.65 bits per heavy atom. The first-order valence-electron chi connectivity index (χ1n) is 6.43. The van der Waals surface area contributed by atoms with Gasteiger partial charge in [0.1, 0.15) is 11.6 Å². The molecule has 1 N–H and O–H groups in total. The third-order valence-electron chi connectivity index (χ3n) is 2.72. The van der Waals surface area contributed by atoms with Gasteiger partial charge in [-0.2, -0.15) is 0 Å². The summed E-state index contributed by atoms with van der Waals surface area (Å²) in [6.07, 6.45) is 0.268.